The van der Waals surface area contributed by atoms with Gasteiger partial charge in [-0.05, 0) is 15.9 Å². The lowest BCUT2D eigenvalue weighted by molar-refractivity contribution is 0.0690. The van der Waals surface area contributed by atoms with Crippen LogP contribution in [0.2, 0.25) is 0 Å². The van der Waals surface area contributed by atoms with Crippen molar-refractivity contribution in [2.24, 2.45) is 0 Å². The lowest BCUT2D eigenvalue weighted by atomic mass is 10.3. The topological polar surface area (TPSA) is 108 Å². The van der Waals surface area contributed by atoms with E-state index in [9.17, 15) is 9.59 Å². The lowest BCUT2D eigenvalue weighted by Crippen LogP contribution is -2.11. The second-order valence-corrected chi connectivity index (χ2v) is 3.85. The zero-order chi connectivity index (χ0) is 12.4. The summed E-state index contributed by atoms with van der Waals surface area (Å²) in [5.41, 5.74) is 0.199. The number of furan rings is 1. The van der Waals surface area contributed by atoms with Crippen LogP contribution < -0.4 is 5.32 Å². The lowest BCUT2D eigenvalue weighted by Gasteiger charge is -1.96. The molecule has 8 heteroatoms. The van der Waals surface area contributed by atoms with E-state index in [1.54, 1.807) is 0 Å². The van der Waals surface area contributed by atoms with E-state index in [4.69, 9.17) is 9.52 Å². The molecule has 3 N–H and O–H groups in total. The number of rotatable bonds is 3. The molecule has 0 saturated carbocycles. The van der Waals surface area contributed by atoms with Crippen LogP contribution in [-0.2, 0) is 0 Å². The molecule has 0 saturated heterocycles. The number of carboxylic acids is 1. The molecule has 0 aliphatic rings. The van der Waals surface area contributed by atoms with Crippen LogP contribution in [0.4, 0.5) is 5.82 Å². The standard InChI is InChI=1S/C9H6BrN3O4/c10-6-1-4(3-17-6)8(14)11-7-2-5(9(15)16)12-13-7/h1-3H,(H,15,16)(H2,11,12,13,14). The summed E-state index contributed by atoms with van der Waals surface area (Å²) in [5.74, 6) is -1.46. The number of H-pyrrole nitrogens is 1. The van der Waals surface area contributed by atoms with Gasteiger partial charge in [0.1, 0.15) is 12.0 Å². The normalized spacial score (nSPS) is 10.2. The van der Waals surface area contributed by atoms with Gasteiger partial charge in [0.15, 0.2) is 10.5 Å². The maximum Gasteiger partial charge on any atom is 0.353 e. The molecule has 0 bridgehead atoms. The molecule has 1 amide bonds. The molecule has 0 atom stereocenters. The van der Waals surface area contributed by atoms with Crippen molar-refractivity contribution in [2.45, 2.75) is 0 Å². The minimum Gasteiger partial charge on any atom is -0.477 e. The van der Waals surface area contributed by atoms with Crippen molar-refractivity contribution >= 4 is 33.6 Å². The van der Waals surface area contributed by atoms with Gasteiger partial charge < -0.3 is 14.8 Å². The van der Waals surface area contributed by atoms with Gasteiger partial charge in [0.05, 0.1) is 5.56 Å². The molecule has 0 aliphatic heterocycles. The average molecular weight is 300 g/mol. The van der Waals surface area contributed by atoms with Crippen LogP contribution in [0.5, 0.6) is 0 Å². The molecule has 0 aromatic carbocycles. The molecule has 0 radical (unpaired) electrons. The number of hydrogen-bond acceptors (Lipinski definition) is 4. The number of hydrogen-bond donors (Lipinski definition) is 3. The fourth-order valence-electron chi connectivity index (χ4n) is 1.11. The molecule has 2 heterocycles. The molecule has 17 heavy (non-hydrogen) atoms. The van der Waals surface area contributed by atoms with Crippen LogP contribution in [-0.4, -0.2) is 27.2 Å². The van der Waals surface area contributed by atoms with Crippen LogP contribution in [0.25, 0.3) is 0 Å². The van der Waals surface area contributed by atoms with E-state index >= 15 is 0 Å². The second-order valence-electron chi connectivity index (χ2n) is 3.07. The van der Waals surface area contributed by atoms with Crippen LogP contribution >= 0.6 is 15.9 Å². The Labute approximate surface area is 103 Å². The number of anilines is 1. The predicted molar refractivity (Wildman–Crippen MR) is 59.9 cm³/mol. The third-order valence-electron chi connectivity index (χ3n) is 1.88. The number of aromatic amines is 1. The molecule has 7 nitrogen and oxygen atoms in total. The number of nitrogens with zero attached hydrogens (tertiary/aromatic N) is 1. The fraction of sp³-hybridized carbons (Fsp3) is 0. The highest BCUT2D eigenvalue weighted by molar-refractivity contribution is 9.10. The summed E-state index contributed by atoms with van der Waals surface area (Å²) < 4.78 is 5.33. The highest BCUT2D eigenvalue weighted by atomic mass is 79.9. The number of carbonyl (C=O) groups is 2. The minimum absolute atomic E-state index is 0.103. The first-order valence-electron chi connectivity index (χ1n) is 4.40. The Bertz CT molecular complexity index is 574. The molecule has 0 aliphatic carbocycles. The smallest absolute Gasteiger partial charge is 0.353 e. The first kappa shape index (κ1) is 11.4. The van der Waals surface area contributed by atoms with Gasteiger partial charge >= 0.3 is 5.97 Å². The van der Waals surface area contributed by atoms with Gasteiger partial charge in [0.2, 0.25) is 0 Å². The minimum atomic E-state index is -1.15. The molecule has 88 valence electrons. The van der Waals surface area contributed by atoms with Gasteiger partial charge in [-0.3, -0.25) is 9.89 Å². The largest absolute Gasteiger partial charge is 0.477 e. The van der Waals surface area contributed by atoms with Crippen molar-refractivity contribution in [3.8, 4) is 0 Å². The molecule has 0 unspecified atom stereocenters. The quantitative estimate of drug-likeness (QED) is 0.799. The monoisotopic (exact) mass is 299 g/mol. The van der Waals surface area contributed by atoms with Crippen LogP contribution in [0, 0.1) is 0 Å². The summed E-state index contributed by atoms with van der Waals surface area (Å²) in [6.07, 6.45) is 1.27. The number of aromatic nitrogens is 2. The third kappa shape index (κ3) is 2.53. The van der Waals surface area contributed by atoms with Gasteiger partial charge in [-0.1, -0.05) is 0 Å². The van der Waals surface area contributed by atoms with Gasteiger partial charge in [-0.15, -0.1) is 0 Å². The molecule has 2 aromatic rings. The van der Waals surface area contributed by atoms with E-state index in [1.807, 2.05) is 0 Å². The molecular formula is C9H6BrN3O4. The molecule has 0 fully saturated rings. The highest BCUT2D eigenvalue weighted by Gasteiger charge is 2.13. The summed E-state index contributed by atoms with van der Waals surface area (Å²) in [6.45, 7) is 0. The zero-order valence-corrected chi connectivity index (χ0v) is 9.82. The van der Waals surface area contributed by atoms with Gasteiger partial charge in [-0.25, -0.2) is 4.79 Å². The van der Waals surface area contributed by atoms with Gasteiger partial charge in [0.25, 0.3) is 5.91 Å². The van der Waals surface area contributed by atoms with Crippen molar-refractivity contribution in [3.05, 3.63) is 34.3 Å². The maximum atomic E-state index is 11.6. The number of aromatic carboxylic acids is 1. The van der Waals surface area contributed by atoms with E-state index in [1.165, 1.54) is 18.4 Å². The van der Waals surface area contributed by atoms with E-state index in [2.05, 4.69) is 31.4 Å². The zero-order valence-electron chi connectivity index (χ0n) is 8.23. The summed E-state index contributed by atoms with van der Waals surface area (Å²) in [5, 5.41) is 17.0. The molecule has 2 rings (SSSR count). The van der Waals surface area contributed by atoms with Crippen molar-refractivity contribution in [1.29, 1.82) is 0 Å². The summed E-state index contributed by atoms with van der Waals surface area (Å²) in [6, 6.07) is 2.70. The van der Waals surface area contributed by atoms with E-state index in [0.717, 1.165) is 0 Å². The average Bonchev–Trinajstić information content (AvgIpc) is 2.86. The number of halogens is 1. The van der Waals surface area contributed by atoms with Crippen molar-refractivity contribution in [3.63, 3.8) is 0 Å². The predicted octanol–water partition coefficient (Wildman–Crippen LogP) is 1.72. The Morgan fingerprint density at radius 1 is 1.47 bits per heavy atom. The van der Waals surface area contributed by atoms with Crippen molar-refractivity contribution < 1.29 is 19.1 Å². The van der Waals surface area contributed by atoms with Crippen LogP contribution in [0.3, 0.4) is 0 Å². The van der Waals surface area contributed by atoms with Crippen LogP contribution in [0.15, 0.2) is 27.5 Å². The third-order valence-corrected chi connectivity index (χ3v) is 2.30. The van der Waals surface area contributed by atoms with Crippen molar-refractivity contribution in [1.82, 2.24) is 10.2 Å². The van der Waals surface area contributed by atoms with E-state index < -0.39 is 11.9 Å². The van der Waals surface area contributed by atoms with Crippen molar-refractivity contribution in [2.75, 3.05) is 5.32 Å². The summed E-state index contributed by atoms with van der Waals surface area (Å²) >= 11 is 3.06. The second kappa shape index (κ2) is 4.42. The Kier molecular flexibility index (Phi) is 2.96. The Balaban J connectivity index is 2.10. The molecule has 2 aromatic heterocycles. The van der Waals surface area contributed by atoms with Gasteiger partial charge in [0, 0.05) is 12.1 Å². The number of amides is 1. The fourth-order valence-corrected chi connectivity index (χ4v) is 1.45. The van der Waals surface area contributed by atoms with E-state index in [0.29, 0.717) is 10.2 Å². The maximum absolute atomic E-state index is 11.6. The number of carbonyl (C=O) groups excluding carboxylic acids is 1. The molecular weight excluding hydrogens is 294 g/mol. The first-order valence-corrected chi connectivity index (χ1v) is 5.19. The Morgan fingerprint density at radius 3 is 2.76 bits per heavy atom. The van der Waals surface area contributed by atoms with Crippen LogP contribution in [0.1, 0.15) is 20.8 Å². The van der Waals surface area contributed by atoms with Gasteiger partial charge in [-0.2, -0.15) is 5.10 Å². The molecule has 0 spiro atoms. The summed E-state index contributed by atoms with van der Waals surface area (Å²) in [4.78, 5) is 22.2. The summed E-state index contributed by atoms with van der Waals surface area (Å²) in [7, 11) is 0. The first-order chi connectivity index (χ1) is 8.06. The van der Waals surface area contributed by atoms with E-state index in [-0.39, 0.29) is 11.5 Å². The highest BCUT2D eigenvalue weighted by Crippen LogP contribution is 2.15. The SMILES string of the molecule is O=C(Nc1cc(C(=O)O)[nH]n1)c1coc(Br)c1. The Hall–Kier alpha value is -2.09. The Morgan fingerprint density at radius 2 is 2.24 bits per heavy atom. The number of carboxylic acid groups (broad SMARTS) is 1. The number of nitrogens with one attached hydrogen (secondary N) is 2.